The summed E-state index contributed by atoms with van der Waals surface area (Å²) in [5, 5.41) is 24.4. The fourth-order valence-corrected chi connectivity index (χ4v) is 2.74. The van der Waals surface area contributed by atoms with Crippen molar-refractivity contribution in [1.29, 1.82) is 0 Å². The molecule has 92 valence electrons. The van der Waals surface area contributed by atoms with Crippen molar-refractivity contribution in [2.45, 2.75) is 38.6 Å². The molecule has 0 N–H and O–H groups in total. The Bertz CT molecular complexity index is 266. The van der Waals surface area contributed by atoms with Crippen molar-refractivity contribution in [2.24, 2.45) is 0 Å². The molecule has 2 saturated heterocycles. The Kier molecular flexibility index (Phi) is 3.35. The summed E-state index contributed by atoms with van der Waals surface area (Å²) >= 11 is 0. The quantitative estimate of drug-likeness (QED) is 0.546. The zero-order valence-electron chi connectivity index (χ0n) is 10.1. The van der Waals surface area contributed by atoms with E-state index in [4.69, 9.17) is 0 Å². The standard InChI is InChI=1S/C12H22N2O2/c1-12(14(16)9-4-5-10-14)6-11-13(15)7-2-3-8-13/h6,11-12H,2-5,7-10H2,1H3. The summed E-state index contributed by atoms with van der Waals surface area (Å²) in [6, 6.07) is -0.0629. The van der Waals surface area contributed by atoms with Crippen molar-refractivity contribution in [2.75, 3.05) is 26.2 Å². The average molecular weight is 226 g/mol. The summed E-state index contributed by atoms with van der Waals surface area (Å²) in [6.07, 6.45) is 7.65. The summed E-state index contributed by atoms with van der Waals surface area (Å²) < 4.78 is -0.346. The van der Waals surface area contributed by atoms with Gasteiger partial charge in [0.25, 0.3) is 0 Å². The lowest BCUT2D eigenvalue weighted by Crippen LogP contribution is -2.46. The van der Waals surface area contributed by atoms with Crippen LogP contribution in [0.4, 0.5) is 0 Å². The maximum absolute atomic E-state index is 12.3. The van der Waals surface area contributed by atoms with Crippen molar-refractivity contribution in [3.8, 4) is 0 Å². The molecule has 4 nitrogen and oxygen atoms in total. The molecule has 0 bridgehead atoms. The van der Waals surface area contributed by atoms with Gasteiger partial charge >= 0.3 is 0 Å². The number of hydrogen-bond donors (Lipinski definition) is 0. The van der Waals surface area contributed by atoms with Crippen LogP contribution >= 0.6 is 0 Å². The van der Waals surface area contributed by atoms with Gasteiger partial charge in [0.05, 0.1) is 32.4 Å². The van der Waals surface area contributed by atoms with Gasteiger partial charge in [0.2, 0.25) is 0 Å². The van der Waals surface area contributed by atoms with Crippen LogP contribution in [0.3, 0.4) is 0 Å². The molecule has 1 atom stereocenters. The summed E-state index contributed by atoms with van der Waals surface area (Å²) in [5.74, 6) is 0. The summed E-state index contributed by atoms with van der Waals surface area (Å²) in [4.78, 5) is 0. The van der Waals surface area contributed by atoms with Crippen LogP contribution in [0.2, 0.25) is 0 Å². The number of hydroxylamine groups is 6. The number of rotatable bonds is 3. The normalized spacial score (nSPS) is 29.9. The molecular formula is C12H22N2O2. The molecule has 16 heavy (non-hydrogen) atoms. The highest BCUT2D eigenvalue weighted by molar-refractivity contribution is 4.85. The molecule has 0 saturated carbocycles. The van der Waals surface area contributed by atoms with E-state index in [1.54, 1.807) is 6.20 Å². The third-order valence-electron chi connectivity index (χ3n) is 4.02. The van der Waals surface area contributed by atoms with Crippen LogP contribution < -0.4 is 0 Å². The van der Waals surface area contributed by atoms with E-state index in [0.717, 1.165) is 25.7 Å². The molecule has 2 heterocycles. The molecule has 0 spiro atoms. The maximum Gasteiger partial charge on any atom is 0.110 e. The Labute approximate surface area is 97.5 Å². The van der Waals surface area contributed by atoms with Gasteiger partial charge in [-0.3, -0.25) is 0 Å². The van der Waals surface area contributed by atoms with Gasteiger partial charge in [0.15, 0.2) is 0 Å². The fourth-order valence-electron chi connectivity index (χ4n) is 2.74. The highest BCUT2D eigenvalue weighted by Crippen LogP contribution is 2.24. The van der Waals surface area contributed by atoms with Crippen LogP contribution in [0.25, 0.3) is 0 Å². The predicted molar refractivity (Wildman–Crippen MR) is 63.8 cm³/mol. The van der Waals surface area contributed by atoms with Crippen LogP contribution in [-0.2, 0) is 0 Å². The largest absolute Gasteiger partial charge is 0.632 e. The van der Waals surface area contributed by atoms with Gasteiger partial charge < -0.3 is 19.7 Å². The van der Waals surface area contributed by atoms with Crippen LogP contribution in [-0.4, -0.2) is 41.5 Å². The Morgan fingerprint density at radius 3 is 2.00 bits per heavy atom. The van der Waals surface area contributed by atoms with Gasteiger partial charge in [-0.2, -0.15) is 0 Å². The van der Waals surface area contributed by atoms with Crippen LogP contribution in [0.1, 0.15) is 32.6 Å². The molecule has 4 heteroatoms. The van der Waals surface area contributed by atoms with Crippen molar-refractivity contribution in [3.05, 3.63) is 22.7 Å². The van der Waals surface area contributed by atoms with Crippen LogP contribution in [0.5, 0.6) is 0 Å². The first-order chi connectivity index (χ1) is 7.54. The Balaban J connectivity index is 1.95. The molecule has 0 aromatic rings. The van der Waals surface area contributed by atoms with Gasteiger partial charge in [-0.15, -0.1) is 0 Å². The topological polar surface area (TPSA) is 46.1 Å². The highest BCUT2D eigenvalue weighted by Gasteiger charge is 2.28. The van der Waals surface area contributed by atoms with E-state index in [1.807, 2.05) is 13.0 Å². The Morgan fingerprint density at radius 1 is 0.938 bits per heavy atom. The van der Waals surface area contributed by atoms with Crippen LogP contribution in [0, 0.1) is 10.4 Å². The van der Waals surface area contributed by atoms with E-state index in [1.165, 1.54) is 0 Å². The molecule has 0 aromatic carbocycles. The lowest BCUT2D eigenvalue weighted by atomic mass is 10.3. The lowest BCUT2D eigenvalue weighted by molar-refractivity contribution is -0.885. The number of likely N-dealkylation sites (tertiary alicyclic amines) is 2. The van der Waals surface area contributed by atoms with Gasteiger partial charge in [-0.1, -0.05) is 0 Å². The van der Waals surface area contributed by atoms with E-state index in [9.17, 15) is 10.4 Å². The van der Waals surface area contributed by atoms with Crippen molar-refractivity contribution in [1.82, 2.24) is 0 Å². The van der Waals surface area contributed by atoms with Crippen molar-refractivity contribution in [3.63, 3.8) is 0 Å². The van der Waals surface area contributed by atoms with Gasteiger partial charge in [-0.25, -0.2) is 0 Å². The maximum atomic E-state index is 12.3. The van der Waals surface area contributed by atoms with E-state index < -0.39 is 0 Å². The van der Waals surface area contributed by atoms with E-state index >= 15 is 0 Å². The molecule has 2 aliphatic heterocycles. The second kappa shape index (κ2) is 4.45. The molecule has 1 unspecified atom stereocenters. The Hall–Kier alpha value is -0.420. The second-order valence-electron chi connectivity index (χ2n) is 5.30. The minimum Gasteiger partial charge on any atom is -0.632 e. The first-order valence-corrected chi connectivity index (χ1v) is 6.39. The van der Waals surface area contributed by atoms with E-state index in [-0.39, 0.29) is 15.3 Å². The minimum atomic E-state index is -0.218. The molecule has 0 radical (unpaired) electrons. The van der Waals surface area contributed by atoms with E-state index in [0.29, 0.717) is 26.2 Å². The first-order valence-electron chi connectivity index (χ1n) is 6.39. The lowest BCUT2D eigenvalue weighted by Gasteiger charge is -2.43. The van der Waals surface area contributed by atoms with Crippen LogP contribution in [0.15, 0.2) is 12.3 Å². The number of hydrogen-bond acceptors (Lipinski definition) is 2. The fraction of sp³-hybridized carbons (Fsp3) is 0.833. The molecular weight excluding hydrogens is 204 g/mol. The summed E-state index contributed by atoms with van der Waals surface area (Å²) in [7, 11) is 0. The highest BCUT2D eigenvalue weighted by atomic mass is 16.6. The minimum absolute atomic E-state index is 0.0629. The van der Waals surface area contributed by atoms with Gasteiger partial charge in [-0.05, 0) is 6.92 Å². The molecule has 2 aliphatic rings. The molecule has 0 amide bonds. The second-order valence-corrected chi connectivity index (χ2v) is 5.30. The first kappa shape index (κ1) is 12.0. The predicted octanol–water partition coefficient (Wildman–Crippen LogP) is 2.11. The third kappa shape index (κ3) is 2.46. The smallest absolute Gasteiger partial charge is 0.110 e. The summed E-state index contributed by atoms with van der Waals surface area (Å²) in [5.41, 5.74) is 0. The van der Waals surface area contributed by atoms with Gasteiger partial charge in [0.1, 0.15) is 6.04 Å². The molecule has 2 fully saturated rings. The summed E-state index contributed by atoms with van der Waals surface area (Å²) in [6.45, 7) is 4.73. The molecule has 0 aliphatic carbocycles. The molecule has 0 aromatic heterocycles. The Morgan fingerprint density at radius 2 is 1.44 bits per heavy atom. The van der Waals surface area contributed by atoms with Crippen molar-refractivity contribution >= 4 is 0 Å². The van der Waals surface area contributed by atoms with Crippen molar-refractivity contribution < 1.29 is 9.29 Å². The SMILES string of the molecule is CC(C=C[N+]1([O-])CCCC1)[N+]1([O-])CCCC1. The number of nitrogens with zero attached hydrogens (tertiary/aromatic N) is 2. The third-order valence-corrected chi connectivity index (χ3v) is 4.02. The monoisotopic (exact) mass is 226 g/mol. The van der Waals surface area contributed by atoms with E-state index in [2.05, 4.69) is 0 Å². The molecule has 2 rings (SSSR count). The van der Waals surface area contributed by atoms with Gasteiger partial charge in [0, 0.05) is 31.8 Å². The average Bonchev–Trinajstić information content (AvgIpc) is 2.86. The zero-order valence-corrected chi connectivity index (χ0v) is 10.1. The zero-order chi connectivity index (χ0) is 11.6. The number of quaternary nitrogens is 2.